The molecule has 16 heavy (non-hydrogen) atoms. The highest BCUT2D eigenvalue weighted by Gasteiger charge is 2.34. The molecule has 0 saturated heterocycles. The number of nitrogens with one attached hydrogen (secondary N) is 1. The highest BCUT2D eigenvalue weighted by Crippen LogP contribution is 2.31. The molecule has 0 radical (unpaired) electrons. The number of aliphatic hydroxyl groups is 1. The summed E-state index contributed by atoms with van der Waals surface area (Å²) in [5.41, 5.74) is 5.50. The smallest absolute Gasteiger partial charge is 0.287 e. The van der Waals surface area contributed by atoms with E-state index in [2.05, 4.69) is 5.32 Å². The van der Waals surface area contributed by atoms with Crippen LogP contribution in [-0.4, -0.2) is 36.6 Å². The van der Waals surface area contributed by atoms with Gasteiger partial charge in [0.1, 0.15) is 6.61 Å². The van der Waals surface area contributed by atoms with Crippen molar-refractivity contribution in [3.05, 3.63) is 0 Å². The molecule has 0 aromatic rings. The zero-order valence-electron chi connectivity index (χ0n) is 9.09. The van der Waals surface area contributed by atoms with E-state index in [-0.39, 0.29) is 17.7 Å². The zero-order valence-corrected chi connectivity index (χ0v) is 9.09. The summed E-state index contributed by atoms with van der Waals surface area (Å²) in [6.45, 7) is -1.65. The van der Waals surface area contributed by atoms with Gasteiger partial charge in [0.25, 0.3) is 5.92 Å². The Kier molecular flexibility index (Phi) is 4.61. The molecule has 1 aliphatic rings. The van der Waals surface area contributed by atoms with Crippen LogP contribution in [0.15, 0.2) is 0 Å². The van der Waals surface area contributed by atoms with Gasteiger partial charge in [0.2, 0.25) is 5.91 Å². The minimum Gasteiger partial charge on any atom is -0.390 e. The summed E-state index contributed by atoms with van der Waals surface area (Å²) in [6, 6.07) is 0. The van der Waals surface area contributed by atoms with E-state index in [1.165, 1.54) is 0 Å². The van der Waals surface area contributed by atoms with Gasteiger partial charge in [0.05, 0.1) is 6.54 Å². The van der Waals surface area contributed by atoms with E-state index < -0.39 is 19.1 Å². The average molecular weight is 236 g/mol. The van der Waals surface area contributed by atoms with Crippen LogP contribution in [0.1, 0.15) is 19.3 Å². The van der Waals surface area contributed by atoms with E-state index in [9.17, 15) is 13.6 Å². The maximum absolute atomic E-state index is 12.7. The van der Waals surface area contributed by atoms with E-state index in [0.717, 1.165) is 12.8 Å². The molecule has 0 bridgehead atoms. The number of nitrogens with two attached hydrogens (primary N) is 1. The van der Waals surface area contributed by atoms with Gasteiger partial charge in [-0.15, -0.1) is 0 Å². The normalized spacial score (nSPS) is 25.8. The van der Waals surface area contributed by atoms with E-state index in [4.69, 9.17) is 10.8 Å². The van der Waals surface area contributed by atoms with Crippen molar-refractivity contribution in [3.63, 3.8) is 0 Å². The maximum atomic E-state index is 12.7. The number of amides is 1. The second-order valence-corrected chi connectivity index (χ2v) is 4.27. The summed E-state index contributed by atoms with van der Waals surface area (Å²) in [6.07, 6.45) is 2.50. The summed E-state index contributed by atoms with van der Waals surface area (Å²) in [4.78, 5) is 11.6. The lowest BCUT2D eigenvalue weighted by Crippen LogP contribution is -2.43. The number of aliphatic hydroxyl groups excluding tert-OH is 1. The summed E-state index contributed by atoms with van der Waals surface area (Å²) >= 11 is 0. The Morgan fingerprint density at radius 1 is 1.50 bits per heavy atom. The summed E-state index contributed by atoms with van der Waals surface area (Å²) in [7, 11) is 0. The van der Waals surface area contributed by atoms with Crippen LogP contribution in [0.4, 0.5) is 8.78 Å². The van der Waals surface area contributed by atoms with Crippen LogP contribution in [0.2, 0.25) is 0 Å². The predicted molar refractivity (Wildman–Crippen MR) is 54.9 cm³/mol. The maximum Gasteiger partial charge on any atom is 0.287 e. The SMILES string of the molecule is NCC1CCCC1C(=O)NCC(F)(F)CO. The molecule has 1 rings (SSSR count). The first-order chi connectivity index (χ1) is 7.50. The van der Waals surface area contributed by atoms with Gasteiger partial charge in [0, 0.05) is 5.92 Å². The molecule has 4 nitrogen and oxygen atoms in total. The molecule has 0 heterocycles. The van der Waals surface area contributed by atoms with Crippen LogP contribution in [-0.2, 0) is 4.79 Å². The minimum absolute atomic E-state index is 0.0998. The fraction of sp³-hybridized carbons (Fsp3) is 0.900. The Morgan fingerprint density at radius 2 is 2.19 bits per heavy atom. The van der Waals surface area contributed by atoms with Crippen LogP contribution in [0.3, 0.4) is 0 Å². The first-order valence-corrected chi connectivity index (χ1v) is 5.46. The van der Waals surface area contributed by atoms with E-state index >= 15 is 0 Å². The molecular formula is C10H18F2N2O2. The van der Waals surface area contributed by atoms with Crippen molar-refractivity contribution >= 4 is 5.91 Å². The average Bonchev–Trinajstić information content (AvgIpc) is 2.74. The lowest BCUT2D eigenvalue weighted by atomic mass is 9.95. The molecule has 1 fully saturated rings. The molecule has 0 aromatic heterocycles. The quantitative estimate of drug-likeness (QED) is 0.634. The summed E-state index contributed by atoms with van der Waals surface area (Å²) in [5, 5.41) is 10.5. The first-order valence-electron chi connectivity index (χ1n) is 5.46. The Balaban J connectivity index is 2.40. The summed E-state index contributed by atoms with van der Waals surface area (Å²) < 4.78 is 25.4. The molecule has 6 heteroatoms. The topological polar surface area (TPSA) is 75.4 Å². The number of alkyl halides is 2. The van der Waals surface area contributed by atoms with Crippen molar-refractivity contribution < 1.29 is 18.7 Å². The lowest BCUT2D eigenvalue weighted by molar-refractivity contribution is -0.128. The highest BCUT2D eigenvalue weighted by atomic mass is 19.3. The molecular weight excluding hydrogens is 218 g/mol. The van der Waals surface area contributed by atoms with Gasteiger partial charge in [-0.3, -0.25) is 4.79 Å². The monoisotopic (exact) mass is 236 g/mol. The van der Waals surface area contributed by atoms with Crippen molar-refractivity contribution in [2.75, 3.05) is 19.7 Å². The van der Waals surface area contributed by atoms with Crippen LogP contribution in [0, 0.1) is 11.8 Å². The van der Waals surface area contributed by atoms with Gasteiger partial charge in [-0.1, -0.05) is 6.42 Å². The molecule has 1 amide bonds. The Labute approximate surface area is 93.2 Å². The number of rotatable bonds is 5. The van der Waals surface area contributed by atoms with Gasteiger partial charge in [-0.05, 0) is 25.3 Å². The highest BCUT2D eigenvalue weighted by molar-refractivity contribution is 5.79. The van der Waals surface area contributed by atoms with Crippen molar-refractivity contribution in [2.45, 2.75) is 25.2 Å². The second kappa shape index (κ2) is 5.54. The van der Waals surface area contributed by atoms with Crippen LogP contribution < -0.4 is 11.1 Å². The molecule has 1 saturated carbocycles. The van der Waals surface area contributed by atoms with Crippen LogP contribution >= 0.6 is 0 Å². The van der Waals surface area contributed by atoms with Gasteiger partial charge in [0.15, 0.2) is 0 Å². The van der Waals surface area contributed by atoms with Crippen LogP contribution in [0.5, 0.6) is 0 Å². The lowest BCUT2D eigenvalue weighted by Gasteiger charge is -2.19. The van der Waals surface area contributed by atoms with Gasteiger partial charge in [-0.2, -0.15) is 0 Å². The summed E-state index contributed by atoms with van der Waals surface area (Å²) in [5.74, 6) is -3.77. The van der Waals surface area contributed by atoms with E-state index in [1.54, 1.807) is 0 Å². The minimum atomic E-state index is -3.24. The number of hydrogen-bond acceptors (Lipinski definition) is 3. The molecule has 2 atom stereocenters. The Bertz CT molecular complexity index is 249. The fourth-order valence-electron chi connectivity index (χ4n) is 2.07. The number of carbonyl (C=O) groups excluding carboxylic acids is 1. The molecule has 0 aliphatic heterocycles. The van der Waals surface area contributed by atoms with Crippen LogP contribution in [0.25, 0.3) is 0 Å². The van der Waals surface area contributed by atoms with E-state index in [1.807, 2.05) is 0 Å². The number of hydrogen-bond donors (Lipinski definition) is 3. The molecule has 1 aliphatic carbocycles. The first kappa shape index (κ1) is 13.3. The number of halogens is 2. The Morgan fingerprint density at radius 3 is 2.75 bits per heavy atom. The largest absolute Gasteiger partial charge is 0.390 e. The van der Waals surface area contributed by atoms with Crippen molar-refractivity contribution in [1.82, 2.24) is 5.32 Å². The fourth-order valence-corrected chi connectivity index (χ4v) is 2.07. The Hall–Kier alpha value is -0.750. The van der Waals surface area contributed by atoms with Crippen molar-refractivity contribution in [1.29, 1.82) is 0 Å². The molecule has 2 unspecified atom stereocenters. The van der Waals surface area contributed by atoms with Gasteiger partial charge >= 0.3 is 0 Å². The molecule has 0 spiro atoms. The van der Waals surface area contributed by atoms with E-state index in [0.29, 0.717) is 13.0 Å². The molecule has 4 N–H and O–H groups in total. The predicted octanol–water partition coefficient (Wildman–Crippen LogP) is 0.105. The van der Waals surface area contributed by atoms with Gasteiger partial charge in [-0.25, -0.2) is 8.78 Å². The standard InChI is InChI=1S/C10H18F2N2O2/c11-10(12,6-15)5-14-9(16)8-3-1-2-7(8)4-13/h7-8,15H,1-6,13H2,(H,14,16). The molecule has 0 aromatic carbocycles. The van der Waals surface area contributed by atoms with Gasteiger partial charge < -0.3 is 16.2 Å². The third kappa shape index (κ3) is 3.38. The zero-order chi connectivity index (χ0) is 12.2. The third-order valence-corrected chi connectivity index (χ3v) is 3.05. The van der Waals surface area contributed by atoms with Crippen molar-refractivity contribution in [3.8, 4) is 0 Å². The molecule has 94 valence electrons. The number of carbonyl (C=O) groups is 1. The second-order valence-electron chi connectivity index (χ2n) is 4.27. The van der Waals surface area contributed by atoms with Crippen molar-refractivity contribution in [2.24, 2.45) is 17.6 Å². The third-order valence-electron chi connectivity index (χ3n) is 3.05.